The fraction of sp³-hybridized carbons (Fsp3) is 0.417. The van der Waals surface area contributed by atoms with E-state index in [9.17, 15) is 4.79 Å². The first kappa shape index (κ1) is 11.7. The van der Waals surface area contributed by atoms with E-state index in [0.29, 0.717) is 6.42 Å². The molecule has 0 fully saturated rings. The summed E-state index contributed by atoms with van der Waals surface area (Å²) >= 11 is 0. The Morgan fingerprint density at radius 1 is 1.20 bits per heavy atom. The summed E-state index contributed by atoms with van der Waals surface area (Å²) in [6.45, 7) is 0.916. The second-order valence-corrected chi connectivity index (χ2v) is 3.95. The highest BCUT2D eigenvalue weighted by Gasteiger charge is 1.99. The highest BCUT2D eigenvalue weighted by atomic mass is 16.4. The summed E-state index contributed by atoms with van der Waals surface area (Å²) < 4.78 is 0. The number of rotatable bonds is 5. The molecule has 3 nitrogen and oxygen atoms in total. The van der Waals surface area contributed by atoms with Gasteiger partial charge in [-0.15, -0.1) is 0 Å². The van der Waals surface area contributed by atoms with Crippen LogP contribution >= 0.6 is 0 Å². The topological polar surface area (TPSA) is 40.5 Å². The lowest BCUT2D eigenvalue weighted by Crippen LogP contribution is -2.10. The third-order valence-corrected chi connectivity index (χ3v) is 2.15. The van der Waals surface area contributed by atoms with Crippen LogP contribution in [-0.2, 0) is 17.8 Å². The first-order valence-electron chi connectivity index (χ1n) is 5.02. The quantitative estimate of drug-likeness (QED) is 0.800. The molecule has 0 radical (unpaired) electrons. The van der Waals surface area contributed by atoms with Crippen LogP contribution in [-0.4, -0.2) is 30.1 Å². The molecule has 82 valence electrons. The molecule has 1 aromatic carbocycles. The van der Waals surface area contributed by atoms with E-state index in [2.05, 4.69) is 17.0 Å². The van der Waals surface area contributed by atoms with Crippen LogP contribution in [0.25, 0.3) is 0 Å². The van der Waals surface area contributed by atoms with Crippen molar-refractivity contribution in [3.8, 4) is 0 Å². The Morgan fingerprint density at radius 2 is 1.73 bits per heavy atom. The predicted octanol–water partition coefficient (Wildman–Crippen LogP) is 1.77. The molecule has 0 saturated carbocycles. The van der Waals surface area contributed by atoms with E-state index >= 15 is 0 Å². The van der Waals surface area contributed by atoms with Crippen LogP contribution in [0, 0.1) is 0 Å². The summed E-state index contributed by atoms with van der Waals surface area (Å²) in [5, 5.41) is 8.54. The number of hydrogen-bond acceptors (Lipinski definition) is 2. The number of carbonyl (C=O) groups is 1. The molecule has 3 heteroatoms. The van der Waals surface area contributed by atoms with Gasteiger partial charge in [-0.2, -0.15) is 0 Å². The zero-order chi connectivity index (χ0) is 11.3. The second-order valence-electron chi connectivity index (χ2n) is 3.95. The maximum absolute atomic E-state index is 10.4. The van der Waals surface area contributed by atoms with Crippen LogP contribution in [0.5, 0.6) is 0 Å². The third-order valence-electron chi connectivity index (χ3n) is 2.15. The summed E-state index contributed by atoms with van der Waals surface area (Å²) in [5.41, 5.74) is 2.33. The maximum atomic E-state index is 10.4. The molecule has 0 amide bonds. The van der Waals surface area contributed by atoms with Crippen molar-refractivity contribution in [1.82, 2.24) is 4.90 Å². The first-order chi connectivity index (χ1) is 7.08. The normalized spacial score (nSPS) is 10.6. The fourth-order valence-electron chi connectivity index (χ4n) is 1.43. The van der Waals surface area contributed by atoms with E-state index in [0.717, 1.165) is 12.1 Å². The Kier molecular flexibility index (Phi) is 4.31. The number of aryl methyl sites for hydroxylation is 1. The number of carboxylic acids is 1. The molecule has 0 spiro atoms. The van der Waals surface area contributed by atoms with Crippen LogP contribution in [0.4, 0.5) is 0 Å². The molecule has 1 aromatic rings. The summed E-state index contributed by atoms with van der Waals surface area (Å²) in [4.78, 5) is 12.5. The number of benzene rings is 1. The third kappa shape index (κ3) is 4.61. The van der Waals surface area contributed by atoms with Gasteiger partial charge in [-0.25, -0.2) is 0 Å². The van der Waals surface area contributed by atoms with Crippen LogP contribution in [0.3, 0.4) is 0 Å². The van der Waals surface area contributed by atoms with Crippen molar-refractivity contribution in [3.05, 3.63) is 35.4 Å². The molecular weight excluding hydrogens is 190 g/mol. The molecule has 0 atom stereocenters. The minimum Gasteiger partial charge on any atom is -0.481 e. The Morgan fingerprint density at radius 3 is 2.20 bits per heavy atom. The van der Waals surface area contributed by atoms with Crippen LogP contribution < -0.4 is 0 Å². The maximum Gasteiger partial charge on any atom is 0.303 e. The minimum atomic E-state index is -0.743. The first-order valence-corrected chi connectivity index (χ1v) is 5.02. The van der Waals surface area contributed by atoms with Crippen molar-refractivity contribution in [2.75, 3.05) is 14.1 Å². The Bertz CT molecular complexity index is 317. The average molecular weight is 207 g/mol. The number of hydrogen-bond donors (Lipinski definition) is 1. The van der Waals surface area contributed by atoms with Gasteiger partial charge in [-0.05, 0) is 31.6 Å². The van der Waals surface area contributed by atoms with Crippen molar-refractivity contribution >= 4 is 5.97 Å². The van der Waals surface area contributed by atoms with Gasteiger partial charge in [0, 0.05) is 13.0 Å². The molecule has 0 aliphatic heterocycles. The second kappa shape index (κ2) is 5.51. The highest BCUT2D eigenvalue weighted by Crippen LogP contribution is 2.08. The Balaban J connectivity index is 2.52. The van der Waals surface area contributed by atoms with Crippen LogP contribution in [0.2, 0.25) is 0 Å². The largest absolute Gasteiger partial charge is 0.481 e. The Hall–Kier alpha value is -1.35. The van der Waals surface area contributed by atoms with Crippen molar-refractivity contribution in [1.29, 1.82) is 0 Å². The molecule has 1 rings (SSSR count). The molecule has 0 unspecified atom stereocenters. The van der Waals surface area contributed by atoms with Gasteiger partial charge in [0.05, 0.1) is 0 Å². The van der Waals surface area contributed by atoms with Crippen LogP contribution in [0.15, 0.2) is 24.3 Å². The SMILES string of the molecule is CN(C)Cc1ccc(CCC(=O)O)cc1. The monoisotopic (exact) mass is 207 g/mol. The molecule has 15 heavy (non-hydrogen) atoms. The number of carboxylic acid groups (broad SMARTS) is 1. The van der Waals surface area contributed by atoms with Gasteiger partial charge in [0.1, 0.15) is 0 Å². The lowest BCUT2D eigenvalue weighted by molar-refractivity contribution is -0.136. The van der Waals surface area contributed by atoms with E-state index in [-0.39, 0.29) is 6.42 Å². The Labute approximate surface area is 90.3 Å². The van der Waals surface area contributed by atoms with Gasteiger partial charge in [0.2, 0.25) is 0 Å². The predicted molar refractivity (Wildman–Crippen MR) is 59.8 cm³/mol. The molecule has 0 aliphatic carbocycles. The minimum absolute atomic E-state index is 0.201. The van der Waals surface area contributed by atoms with Crippen molar-refractivity contribution < 1.29 is 9.90 Å². The van der Waals surface area contributed by atoms with E-state index < -0.39 is 5.97 Å². The number of aliphatic carboxylic acids is 1. The average Bonchev–Trinajstić information content (AvgIpc) is 2.16. The molecule has 0 heterocycles. The molecule has 0 aliphatic rings. The standard InChI is InChI=1S/C12H17NO2/c1-13(2)9-11-5-3-10(4-6-11)7-8-12(14)15/h3-6H,7-9H2,1-2H3,(H,14,15). The summed E-state index contributed by atoms with van der Waals surface area (Å²) in [6.07, 6.45) is 0.810. The zero-order valence-corrected chi connectivity index (χ0v) is 9.23. The number of nitrogens with zero attached hydrogens (tertiary/aromatic N) is 1. The fourth-order valence-corrected chi connectivity index (χ4v) is 1.43. The summed E-state index contributed by atoms with van der Waals surface area (Å²) in [6, 6.07) is 8.11. The zero-order valence-electron chi connectivity index (χ0n) is 9.23. The molecule has 1 N–H and O–H groups in total. The van der Waals surface area contributed by atoms with Gasteiger partial charge >= 0.3 is 5.97 Å². The van der Waals surface area contributed by atoms with Gasteiger partial charge in [-0.3, -0.25) is 4.79 Å². The van der Waals surface area contributed by atoms with E-state index in [1.54, 1.807) is 0 Å². The highest BCUT2D eigenvalue weighted by molar-refractivity contribution is 5.67. The molecule has 0 saturated heterocycles. The lowest BCUT2D eigenvalue weighted by atomic mass is 10.1. The van der Waals surface area contributed by atoms with E-state index in [1.807, 2.05) is 26.2 Å². The molecule has 0 bridgehead atoms. The van der Waals surface area contributed by atoms with E-state index in [4.69, 9.17) is 5.11 Å². The lowest BCUT2D eigenvalue weighted by Gasteiger charge is -2.09. The summed E-state index contributed by atoms with van der Waals surface area (Å²) in [5.74, 6) is -0.743. The van der Waals surface area contributed by atoms with Crippen LogP contribution in [0.1, 0.15) is 17.5 Å². The van der Waals surface area contributed by atoms with E-state index in [1.165, 1.54) is 5.56 Å². The smallest absolute Gasteiger partial charge is 0.303 e. The van der Waals surface area contributed by atoms with Crippen molar-refractivity contribution in [2.24, 2.45) is 0 Å². The van der Waals surface area contributed by atoms with Gasteiger partial charge in [0.15, 0.2) is 0 Å². The van der Waals surface area contributed by atoms with Gasteiger partial charge in [0.25, 0.3) is 0 Å². The van der Waals surface area contributed by atoms with Crippen molar-refractivity contribution in [2.45, 2.75) is 19.4 Å². The van der Waals surface area contributed by atoms with Gasteiger partial charge in [-0.1, -0.05) is 24.3 Å². The molecular formula is C12H17NO2. The summed E-state index contributed by atoms with van der Waals surface area (Å²) in [7, 11) is 4.05. The van der Waals surface area contributed by atoms with Gasteiger partial charge < -0.3 is 10.0 Å². The van der Waals surface area contributed by atoms with Crippen molar-refractivity contribution in [3.63, 3.8) is 0 Å². The molecule has 0 aromatic heterocycles.